The van der Waals surface area contributed by atoms with Gasteiger partial charge in [0.25, 0.3) is 0 Å². The van der Waals surface area contributed by atoms with Gasteiger partial charge >= 0.3 is 0 Å². The number of amidine groups is 1. The van der Waals surface area contributed by atoms with Gasteiger partial charge in [0.05, 0.1) is 12.0 Å². The number of carbonyl (C=O) groups is 1. The molecule has 1 amide bonds. The predicted molar refractivity (Wildman–Crippen MR) is 97.8 cm³/mol. The van der Waals surface area contributed by atoms with Crippen LogP contribution >= 0.6 is 23.4 Å². The molecule has 128 valence electrons. The van der Waals surface area contributed by atoms with Gasteiger partial charge in [-0.25, -0.2) is 4.39 Å². The zero-order valence-corrected chi connectivity index (χ0v) is 14.5. The molecule has 0 bridgehead atoms. The lowest BCUT2D eigenvalue weighted by molar-refractivity contribution is -0.116. The fraction of sp³-hybridized carbons (Fsp3) is 0.118. The molecule has 1 saturated heterocycles. The lowest BCUT2D eigenvalue weighted by Crippen LogP contribution is -2.19. The summed E-state index contributed by atoms with van der Waals surface area (Å²) in [5, 5.41) is 11.5. The molecule has 5 nitrogen and oxygen atoms in total. The maximum atomic E-state index is 12.9. The van der Waals surface area contributed by atoms with Gasteiger partial charge in [0.15, 0.2) is 5.17 Å². The number of nitrogens with zero attached hydrogens (tertiary/aromatic N) is 2. The van der Waals surface area contributed by atoms with Crippen molar-refractivity contribution in [1.82, 2.24) is 5.32 Å². The van der Waals surface area contributed by atoms with Crippen molar-refractivity contribution in [3.05, 3.63) is 64.4 Å². The lowest BCUT2D eigenvalue weighted by Gasteiger charge is -2.09. The number of amides is 1. The molecular weight excluding hydrogens is 365 g/mol. The summed E-state index contributed by atoms with van der Waals surface area (Å²) in [5.41, 5.74) is 1.48. The van der Waals surface area contributed by atoms with Gasteiger partial charge in [-0.1, -0.05) is 35.5 Å². The van der Waals surface area contributed by atoms with Crippen LogP contribution in [0.1, 0.15) is 11.1 Å². The van der Waals surface area contributed by atoms with Gasteiger partial charge < -0.3 is 10.1 Å². The quantitative estimate of drug-likeness (QED) is 0.639. The molecule has 1 heterocycles. The van der Waals surface area contributed by atoms with Crippen LogP contribution in [0.4, 0.5) is 4.39 Å². The summed E-state index contributed by atoms with van der Waals surface area (Å²) in [6.07, 6.45) is 1.50. The van der Waals surface area contributed by atoms with E-state index in [4.69, 9.17) is 16.3 Å². The number of nitrogens with one attached hydrogen (secondary N) is 1. The molecule has 0 spiro atoms. The number of carbonyl (C=O) groups excluding carboxylic acids is 1. The van der Waals surface area contributed by atoms with E-state index in [2.05, 4.69) is 15.5 Å². The molecule has 1 aliphatic heterocycles. The summed E-state index contributed by atoms with van der Waals surface area (Å²) >= 11 is 7.31. The number of halogens is 2. The van der Waals surface area contributed by atoms with Crippen molar-refractivity contribution < 1.29 is 13.9 Å². The van der Waals surface area contributed by atoms with E-state index in [-0.39, 0.29) is 18.3 Å². The first-order chi connectivity index (χ1) is 12.1. The minimum Gasteiger partial charge on any atom is -0.488 e. The maximum Gasteiger partial charge on any atom is 0.236 e. The van der Waals surface area contributed by atoms with Gasteiger partial charge in [-0.05, 0) is 35.9 Å². The number of ether oxygens (including phenoxy) is 1. The Hall–Kier alpha value is -2.38. The summed E-state index contributed by atoms with van der Waals surface area (Å²) < 4.78 is 18.7. The third-order valence-electron chi connectivity index (χ3n) is 3.21. The Morgan fingerprint density at radius 1 is 1.28 bits per heavy atom. The first kappa shape index (κ1) is 17.4. The highest BCUT2D eigenvalue weighted by Crippen LogP contribution is 2.23. The molecule has 8 heteroatoms. The highest BCUT2D eigenvalue weighted by Gasteiger charge is 2.16. The molecule has 0 atom stereocenters. The average Bonchev–Trinajstić information content (AvgIpc) is 3.01. The fourth-order valence-corrected chi connectivity index (χ4v) is 2.83. The summed E-state index contributed by atoms with van der Waals surface area (Å²) in [5.74, 6) is 0.530. The predicted octanol–water partition coefficient (Wildman–Crippen LogP) is 3.61. The summed E-state index contributed by atoms with van der Waals surface area (Å²) in [7, 11) is 0. The van der Waals surface area contributed by atoms with Gasteiger partial charge in [0.1, 0.15) is 18.2 Å². The molecular formula is C17H13ClFN3O2S. The van der Waals surface area contributed by atoms with Crippen LogP contribution < -0.4 is 10.1 Å². The Kier molecular flexibility index (Phi) is 5.67. The van der Waals surface area contributed by atoms with Crippen molar-refractivity contribution in [3.8, 4) is 5.75 Å². The smallest absolute Gasteiger partial charge is 0.236 e. The van der Waals surface area contributed by atoms with Crippen LogP contribution in [0.25, 0.3) is 0 Å². The van der Waals surface area contributed by atoms with E-state index < -0.39 is 0 Å². The summed E-state index contributed by atoms with van der Waals surface area (Å²) in [4.78, 5) is 11.1. The number of thioether (sulfide) groups is 1. The Bertz CT molecular complexity index is 840. The second kappa shape index (κ2) is 8.13. The molecule has 1 aliphatic rings. The van der Waals surface area contributed by atoms with Crippen LogP contribution in [0.5, 0.6) is 5.75 Å². The van der Waals surface area contributed by atoms with E-state index in [0.717, 1.165) is 5.56 Å². The maximum absolute atomic E-state index is 12.9. The monoisotopic (exact) mass is 377 g/mol. The third-order valence-corrected chi connectivity index (χ3v) is 4.31. The minimum absolute atomic E-state index is 0.0926. The van der Waals surface area contributed by atoms with Crippen molar-refractivity contribution in [3.63, 3.8) is 0 Å². The second-order valence-corrected chi connectivity index (χ2v) is 6.48. The normalized spacial score (nSPS) is 15.8. The second-order valence-electron chi connectivity index (χ2n) is 5.08. The molecule has 25 heavy (non-hydrogen) atoms. The molecule has 0 aromatic heterocycles. The highest BCUT2D eigenvalue weighted by atomic mass is 35.5. The van der Waals surface area contributed by atoms with Crippen molar-refractivity contribution in [2.45, 2.75) is 6.61 Å². The molecule has 0 saturated carbocycles. The van der Waals surface area contributed by atoms with E-state index in [1.54, 1.807) is 30.3 Å². The molecule has 0 aliphatic carbocycles. The van der Waals surface area contributed by atoms with Gasteiger partial charge in [-0.2, -0.15) is 5.10 Å². The van der Waals surface area contributed by atoms with Crippen LogP contribution in [0.2, 0.25) is 5.02 Å². The topological polar surface area (TPSA) is 63.0 Å². The van der Waals surface area contributed by atoms with E-state index in [0.29, 0.717) is 27.3 Å². The molecule has 1 fully saturated rings. The molecule has 3 rings (SSSR count). The first-order valence-electron chi connectivity index (χ1n) is 7.30. The minimum atomic E-state index is -0.293. The third kappa shape index (κ3) is 5.04. The van der Waals surface area contributed by atoms with Crippen molar-refractivity contribution in [2.75, 3.05) is 5.75 Å². The fourth-order valence-electron chi connectivity index (χ4n) is 2.02. The van der Waals surface area contributed by atoms with Gasteiger partial charge in [-0.15, -0.1) is 5.10 Å². The van der Waals surface area contributed by atoms with Crippen LogP contribution in [0.3, 0.4) is 0 Å². The molecule has 2 aromatic rings. The SMILES string of the molecule is O=C1CSC(=NN=Cc2cc(Cl)ccc2OCc2ccc(F)cc2)N1. The zero-order valence-electron chi connectivity index (χ0n) is 12.9. The van der Waals surface area contributed by atoms with Gasteiger partial charge in [-0.3, -0.25) is 4.79 Å². The van der Waals surface area contributed by atoms with E-state index in [1.165, 1.54) is 30.1 Å². The number of benzene rings is 2. The first-order valence-corrected chi connectivity index (χ1v) is 8.67. The van der Waals surface area contributed by atoms with E-state index >= 15 is 0 Å². The summed E-state index contributed by atoms with van der Waals surface area (Å²) in [6, 6.07) is 11.2. The lowest BCUT2D eigenvalue weighted by atomic mass is 10.2. The van der Waals surface area contributed by atoms with Gasteiger partial charge in [0, 0.05) is 10.6 Å². The number of rotatable bonds is 5. The number of hydrogen-bond acceptors (Lipinski definition) is 5. The Morgan fingerprint density at radius 3 is 2.80 bits per heavy atom. The zero-order chi connectivity index (χ0) is 17.6. The molecule has 2 aromatic carbocycles. The van der Waals surface area contributed by atoms with E-state index in [1.807, 2.05) is 0 Å². The standard InChI is InChI=1S/C17H13ClFN3O2S/c18-13-3-6-15(24-9-11-1-4-14(19)5-2-11)12(7-13)8-20-22-17-21-16(23)10-25-17/h1-8H,9-10H2,(H,21,22,23). The Labute approximate surface area is 152 Å². The van der Waals surface area contributed by atoms with Crippen molar-refractivity contribution in [2.24, 2.45) is 10.2 Å². The Morgan fingerprint density at radius 2 is 2.08 bits per heavy atom. The van der Waals surface area contributed by atoms with Crippen molar-refractivity contribution in [1.29, 1.82) is 0 Å². The van der Waals surface area contributed by atoms with Gasteiger partial charge in [0.2, 0.25) is 5.91 Å². The molecule has 1 N–H and O–H groups in total. The largest absolute Gasteiger partial charge is 0.488 e. The van der Waals surface area contributed by atoms with Crippen LogP contribution in [0.15, 0.2) is 52.7 Å². The Balaban J connectivity index is 1.71. The molecule has 0 radical (unpaired) electrons. The highest BCUT2D eigenvalue weighted by molar-refractivity contribution is 8.15. The van der Waals surface area contributed by atoms with E-state index in [9.17, 15) is 9.18 Å². The van der Waals surface area contributed by atoms with Crippen molar-refractivity contribution >= 4 is 40.7 Å². The molecule has 0 unspecified atom stereocenters. The van der Waals surface area contributed by atoms with Crippen LogP contribution in [-0.2, 0) is 11.4 Å². The summed E-state index contributed by atoms with van der Waals surface area (Å²) in [6.45, 7) is 0.281. The van der Waals surface area contributed by atoms with Crippen LogP contribution in [-0.4, -0.2) is 23.0 Å². The van der Waals surface area contributed by atoms with Crippen LogP contribution in [0, 0.1) is 5.82 Å². The average molecular weight is 378 g/mol. The number of hydrogen-bond donors (Lipinski definition) is 1.